The third kappa shape index (κ3) is 2.87. The van der Waals surface area contributed by atoms with Gasteiger partial charge in [-0.15, -0.1) is 20.4 Å². The molecule has 0 saturated carbocycles. The van der Waals surface area contributed by atoms with Crippen LogP contribution in [-0.4, -0.2) is 19.9 Å². The highest BCUT2D eigenvalue weighted by atomic mass is 32.1. The van der Waals surface area contributed by atoms with Crippen molar-refractivity contribution >= 4 is 33.1 Å². The minimum absolute atomic E-state index is 0.0716. The van der Waals surface area contributed by atoms with E-state index in [9.17, 15) is 9.50 Å². The van der Waals surface area contributed by atoms with Crippen LogP contribution in [0.2, 0.25) is 0 Å². The normalized spacial score (nSPS) is 11.6. The lowest BCUT2D eigenvalue weighted by molar-refractivity contribution is 0.428. The molecule has 4 rings (SSSR count). The molecule has 0 fully saturated rings. The second-order valence-corrected chi connectivity index (χ2v) is 6.10. The van der Waals surface area contributed by atoms with Gasteiger partial charge in [-0.25, -0.2) is 4.39 Å². The molecule has 0 spiro atoms. The zero-order chi connectivity index (χ0) is 17.2. The molecule has 0 amide bonds. The summed E-state index contributed by atoms with van der Waals surface area (Å²) in [7, 11) is 0. The van der Waals surface area contributed by atoms with E-state index in [1.165, 1.54) is 17.4 Å². The Kier molecular flexibility index (Phi) is 3.95. The molecule has 2 aromatic heterocycles. The van der Waals surface area contributed by atoms with Gasteiger partial charge in [0.2, 0.25) is 5.88 Å². The molecule has 0 radical (unpaired) electrons. The molecule has 2 aromatic carbocycles. The summed E-state index contributed by atoms with van der Waals surface area (Å²) in [5.74, 6) is -0.394. The molecule has 0 aliphatic rings. The Labute approximate surface area is 145 Å². The third-order valence-corrected chi connectivity index (χ3v) is 4.36. The van der Waals surface area contributed by atoms with Crippen LogP contribution < -0.4 is 0 Å². The van der Waals surface area contributed by atoms with Crippen molar-refractivity contribution in [3.8, 4) is 5.88 Å². The molecular weight excluding hydrogens is 341 g/mol. The van der Waals surface area contributed by atoms with E-state index in [1.807, 2.05) is 24.3 Å². The van der Waals surface area contributed by atoms with Crippen molar-refractivity contribution in [2.45, 2.75) is 6.54 Å². The topological polar surface area (TPSA) is 75.7 Å². The summed E-state index contributed by atoms with van der Waals surface area (Å²) in [5, 5.41) is 27.4. The lowest BCUT2D eigenvalue weighted by Gasteiger charge is -2.08. The van der Waals surface area contributed by atoms with Gasteiger partial charge in [0, 0.05) is 10.9 Å². The van der Waals surface area contributed by atoms with Crippen LogP contribution in [0.15, 0.2) is 64.3 Å². The fourth-order valence-corrected chi connectivity index (χ4v) is 3.00. The summed E-state index contributed by atoms with van der Waals surface area (Å²) in [6, 6.07) is 13.9. The molecule has 6 nitrogen and oxygen atoms in total. The van der Waals surface area contributed by atoms with Gasteiger partial charge in [-0.2, -0.15) is 0 Å². The number of aromatic nitrogens is 3. The second-order valence-electron chi connectivity index (χ2n) is 5.29. The van der Waals surface area contributed by atoms with Crippen molar-refractivity contribution in [2.75, 3.05) is 0 Å². The zero-order valence-electron chi connectivity index (χ0n) is 12.9. The fraction of sp³-hybridized carbons (Fsp3) is 0.0588. The Morgan fingerprint density at radius 1 is 1.08 bits per heavy atom. The van der Waals surface area contributed by atoms with Crippen LogP contribution in [0.3, 0.4) is 0 Å². The summed E-state index contributed by atoms with van der Waals surface area (Å²) in [6.45, 7) is 0.188. The van der Waals surface area contributed by atoms with Gasteiger partial charge < -0.3 is 9.67 Å². The van der Waals surface area contributed by atoms with Crippen molar-refractivity contribution in [1.82, 2.24) is 14.8 Å². The van der Waals surface area contributed by atoms with E-state index in [0.717, 1.165) is 10.9 Å². The van der Waals surface area contributed by atoms with Gasteiger partial charge >= 0.3 is 0 Å². The summed E-state index contributed by atoms with van der Waals surface area (Å²) in [6.07, 6.45) is 0. The van der Waals surface area contributed by atoms with Gasteiger partial charge in [0.05, 0.1) is 12.1 Å². The molecule has 0 bridgehead atoms. The van der Waals surface area contributed by atoms with Crippen LogP contribution in [0.1, 0.15) is 5.56 Å². The first-order valence-electron chi connectivity index (χ1n) is 7.45. The molecule has 1 N–H and O–H groups in total. The van der Waals surface area contributed by atoms with Crippen LogP contribution in [-0.2, 0) is 6.54 Å². The quantitative estimate of drug-likeness (QED) is 0.535. The number of aromatic hydroxyl groups is 1. The fourth-order valence-electron chi connectivity index (χ4n) is 2.63. The average Bonchev–Trinajstić information content (AvgIpc) is 3.23. The van der Waals surface area contributed by atoms with Crippen LogP contribution in [0.5, 0.6) is 5.88 Å². The number of fused-ring (bicyclic) bond motifs is 1. The van der Waals surface area contributed by atoms with Crippen LogP contribution >= 0.6 is 11.3 Å². The predicted octanol–water partition coefficient (Wildman–Crippen LogP) is 4.80. The molecule has 0 atom stereocenters. The van der Waals surface area contributed by atoms with Gasteiger partial charge in [0.25, 0.3) is 5.13 Å². The molecule has 124 valence electrons. The average molecular weight is 353 g/mol. The number of rotatable bonds is 4. The lowest BCUT2D eigenvalue weighted by Crippen LogP contribution is -2.01. The maximum atomic E-state index is 14.0. The molecule has 25 heavy (non-hydrogen) atoms. The van der Waals surface area contributed by atoms with E-state index in [0.29, 0.717) is 16.4 Å². The lowest BCUT2D eigenvalue weighted by atomic mass is 10.2. The van der Waals surface area contributed by atoms with Crippen molar-refractivity contribution < 1.29 is 9.50 Å². The minimum atomic E-state index is -0.322. The maximum absolute atomic E-state index is 14.0. The van der Waals surface area contributed by atoms with E-state index in [2.05, 4.69) is 20.4 Å². The van der Waals surface area contributed by atoms with Crippen LogP contribution in [0.25, 0.3) is 10.9 Å². The summed E-state index contributed by atoms with van der Waals surface area (Å²) < 4.78 is 15.6. The smallest absolute Gasteiger partial charge is 0.251 e. The van der Waals surface area contributed by atoms with E-state index < -0.39 is 0 Å². The minimum Gasteiger partial charge on any atom is -0.493 e. The highest BCUT2D eigenvalue weighted by Crippen LogP contribution is 2.40. The molecule has 0 saturated heterocycles. The predicted molar refractivity (Wildman–Crippen MR) is 93.2 cm³/mol. The van der Waals surface area contributed by atoms with Crippen molar-refractivity contribution in [1.29, 1.82) is 0 Å². The maximum Gasteiger partial charge on any atom is 0.251 e. The third-order valence-electron chi connectivity index (χ3n) is 3.79. The number of nitrogens with zero attached hydrogens (tertiary/aromatic N) is 5. The number of hydrogen-bond acceptors (Lipinski definition) is 6. The van der Waals surface area contributed by atoms with E-state index in [4.69, 9.17) is 0 Å². The number of halogens is 1. The van der Waals surface area contributed by atoms with Crippen molar-refractivity contribution in [2.24, 2.45) is 10.2 Å². The molecule has 2 heterocycles. The largest absolute Gasteiger partial charge is 0.493 e. The van der Waals surface area contributed by atoms with Gasteiger partial charge in [0.1, 0.15) is 11.3 Å². The molecule has 8 heteroatoms. The molecule has 0 aliphatic heterocycles. The first kappa shape index (κ1) is 15.4. The zero-order valence-corrected chi connectivity index (χ0v) is 13.7. The second kappa shape index (κ2) is 6.40. The molecule has 0 aliphatic carbocycles. The standard InChI is InChI=1S/C17H12FN5OS/c18-13-7-3-1-5-11(13)9-23-14-8-4-2-6-12(14)15(16(23)24)20-22-17-21-19-10-25-17/h1-8,10,24H,9H2. The number of azo groups is 1. The monoisotopic (exact) mass is 353 g/mol. The Morgan fingerprint density at radius 3 is 2.68 bits per heavy atom. The summed E-state index contributed by atoms with van der Waals surface area (Å²) in [5.41, 5.74) is 3.10. The first-order valence-corrected chi connectivity index (χ1v) is 8.33. The highest BCUT2D eigenvalue weighted by molar-refractivity contribution is 7.13. The SMILES string of the molecule is Oc1c(N=Nc2nncs2)c2ccccc2n1Cc1ccccc1F. The number of benzene rings is 2. The Balaban J connectivity index is 1.82. The van der Waals surface area contributed by atoms with Gasteiger partial charge in [-0.1, -0.05) is 47.7 Å². The van der Waals surface area contributed by atoms with Crippen LogP contribution in [0, 0.1) is 5.82 Å². The molecule has 0 unspecified atom stereocenters. The van der Waals surface area contributed by atoms with Crippen molar-refractivity contribution in [3.63, 3.8) is 0 Å². The van der Waals surface area contributed by atoms with Crippen LogP contribution in [0.4, 0.5) is 15.2 Å². The molecule has 4 aromatic rings. The Hall–Kier alpha value is -3.13. The molecular formula is C17H12FN5OS. The Bertz CT molecular complexity index is 1060. The highest BCUT2D eigenvalue weighted by Gasteiger charge is 2.17. The van der Waals surface area contributed by atoms with E-state index in [-0.39, 0.29) is 18.2 Å². The van der Waals surface area contributed by atoms with Crippen molar-refractivity contribution in [3.05, 3.63) is 65.4 Å². The van der Waals surface area contributed by atoms with Gasteiger partial charge in [-0.05, 0) is 12.1 Å². The van der Waals surface area contributed by atoms with Gasteiger partial charge in [0.15, 0.2) is 5.69 Å². The summed E-state index contributed by atoms with van der Waals surface area (Å²) in [4.78, 5) is 0. The number of para-hydroxylation sites is 1. The van der Waals surface area contributed by atoms with E-state index >= 15 is 0 Å². The number of hydrogen-bond donors (Lipinski definition) is 1. The Morgan fingerprint density at radius 2 is 1.88 bits per heavy atom. The first-order chi connectivity index (χ1) is 12.2. The summed E-state index contributed by atoms with van der Waals surface area (Å²) >= 11 is 1.24. The van der Waals surface area contributed by atoms with Gasteiger partial charge in [-0.3, -0.25) is 0 Å². The van der Waals surface area contributed by atoms with E-state index in [1.54, 1.807) is 28.3 Å².